The van der Waals surface area contributed by atoms with Crippen molar-refractivity contribution >= 4 is 0 Å². The molecule has 0 unspecified atom stereocenters. The smallest absolute Gasteiger partial charge is 0.123 e. The summed E-state index contributed by atoms with van der Waals surface area (Å²) in [6, 6.07) is 30.1. The van der Waals surface area contributed by atoms with Gasteiger partial charge in [-0.3, -0.25) is 0 Å². The molecule has 0 N–H and O–H groups in total. The van der Waals surface area contributed by atoms with Gasteiger partial charge >= 0.3 is 0 Å². The van der Waals surface area contributed by atoms with Crippen LogP contribution in [0.2, 0.25) is 0 Å². The normalized spacial score (nSPS) is 13.3. The zero-order valence-electron chi connectivity index (χ0n) is 24.0. The number of rotatable bonds is 12. The molecule has 0 saturated carbocycles. The van der Waals surface area contributed by atoms with Gasteiger partial charge in [-0.1, -0.05) is 131 Å². The Bertz CT molecular complexity index is 1270. The topological polar surface area (TPSA) is 0 Å². The molecule has 1 aliphatic carbocycles. The van der Waals surface area contributed by atoms with Gasteiger partial charge in [0.15, 0.2) is 0 Å². The molecule has 0 nitrogen and oxygen atoms in total. The lowest BCUT2D eigenvalue weighted by Crippen LogP contribution is -2.25. The summed E-state index contributed by atoms with van der Waals surface area (Å²) in [6.07, 6.45) is 12.5. The van der Waals surface area contributed by atoms with Gasteiger partial charge < -0.3 is 0 Å². The van der Waals surface area contributed by atoms with Gasteiger partial charge in [0, 0.05) is 5.41 Å². The third-order valence-electron chi connectivity index (χ3n) is 8.84. The molecule has 1 aliphatic rings. The number of aryl methyl sites for hydroxylation is 1. The maximum absolute atomic E-state index is 13.7. The molecule has 0 saturated heterocycles. The van der Waals surface area contributed by atoms with Gasteiger partial charge in [0.25, 0.3) is 0 Å². The molecule has 0 aliphatic heterocycles. The molecule has 202 valence electrons. The van der Waals surface area contributed by atoms with Gasteiger partial charge in [0.2, 0.25) is 0 Å². The summed E-state index contributed by atoms with van der Waals surface area (Å²) in [7, 11) is 0. The second-order valence-electron chi connectivity index (χ2n) is 11.6. The molecular formula is C38H43F. The lowest BCUT2D eigenvalue weighted by atomic mass is 9.70. The molecule has 4 aromatic rings. The van der Waals surface area contributed by atoms with E-state index in [-0.39, 0.29) is 11.2 Å². The quantitative estimate of drug-likeness (QED) is 0.164. The fraction of sp³-hybridized carbons (Fsp3) is 0.368. The highest BCUT2D eigenvalue weighted by Gasteiger charge is 2.42. The molecule has 0 heterocycles. The summed E-state index contributed by atoms with van der Waals surface area (Å²) in [4.78, 5) is 0. The van der Waals surface area contributed by atoms with E-state index in [9.17, 15) is 4.39 Å². The Balaban J connectivity index is 1.64. The molecule has 0 radical (unpaired) electrons. The van der Waals surface area contributed by atoms with Crippen molar-refractivity contribution in [3.05, 3.63) is 107 Å². The number of benzene rings is 4. The second kappa shape index (κ2) is 12.3. The highest BCUT2D eigenvalue weighted by Crippen LogP contribution is 2.55. The van der Waals surface area contributed by atoms with Crippen LogP contribution in [-0.2, 0) is 5.41 Å². The van der Waals surface area contributed by atoms with Crippen molar-refractivity contribution in [3.63, 3.8) is 0 Å². The fourth-order valence-electron chi connectivity index (χ4n) is 6.61. The first-order valence-corrected chi connectivity index (χ1v) is 15.2. The Kier molecular flexibility index (Phi) is 8.66. The molecule has 0 atom stereocenters. The molecule has 0 spiro atoms. The van der Waals surface area contributed by atoms with E-state index in [0.29, 0.717) is 0 Å². The van der Waals surface area contributed by atoms with E-state index < -0.39 is 0 Å². The molecule has 0 bridgehead atoms. The van der Waals surface area contributed by atoms with Gasteiger partial charge in [-0.15, -0.1) is 0 Å². The van der Waals surface area contributed by atoms with Crippen molar-refractivity contribution in [2.24, 2.45) is 0 Å². The third kappa shape index (κ3) is 5.74. The second-order valence-corrected chi connectivity index (χ2v) is 11.6. The molecule has 0 fully saturated rings. The zero-order chi connectivity index (χ0) is 27.2. The Morgan fingerprint density at radius 1 is 0.513 bits per heavy atom. The van der Waals surface area contributed by atoms with Crippen molar-refractivity contribution in [2.45, 2.75) is 90.4 Å². The van der Waals surface area contributed by atoms with Crippen molar-refractivity contribution < 1.29 is 4.39 Å². The maximum atomic E-state index is 13.7. The molecule has 4 aromatic carbocycles. The lowest BCUT2D eigenvalue weighted by molar-refractivity contribution is 0.401. The minimum Gasteiger partial charge on any atom is -0.207 e. The minimum absolute atomic E-state index is 0.0168. The number of hydrogen-bond donors (Lipinski definition) is 0. The first kappa shape index (κ1) is 27.4. The molecule has 39 heavy (non-hydrogen) atoms. The maximum Gasteiger partial charge on any atom is 0.123 e. The fourth-order valence-corrected chi connectivity index (χ4v) is 6.61. The molecule has 5 rings (SSSR count). The first-order chi connectivity index (χ1) is 19.1. The summed E-state index contributed by atoms with van der Waals surface area (Å²) in [5.74, 6) is -0.183. The van der Waals surface area contributed by atoms with Gasteiger partial charge in [-0.25, -0.2) is 4.39 Å². The van der Waals surface area contributed by atoms with Crippen LogP contribution >= 0.6 is 0 Å². The summed E-state index contributed by atoms with van der Waals surface area (Å²) < 4.78 is 13.7. The number of hydrogen-bond acceptors (Lipinski definition) is 0. The van der Waals surface area contributed by atoms with E-state index in [1.54, 1.807) is 12.1 Å². The van der Waals surface area contributed by atoms with E-state index in [0.717, 1.165) is 5.56 Å². The Morgan fingerprint density at radius 3 is 1.41 bits per heavy atom. The summed E-state index contributed by atoms with van der Waals surface area (Å²) in [6.45, 7) is 6.74. The minimum atomic E-state index is -0.183. The van der Waals surface area contributed by atoms with Crippen molar-refractivity contribution in [3.8, 4) is 33.4 Å². The number of halogens is 1. The van der Waals surface area contributed by atoms with E-state index >= 15 is 0 Å². The van der Waals surface area contributed by atoms with Gasteiger partial charge in [0.1, 0.15) is 5.82 Å². The molecular weight excluding hydrogens is 475 g/mol. The number of fused-ring (bicyclic) bond motifs is 3. The van der Waals surface area contributed by atoms with Crippen molar-refractivity contribution in [2.75, 3.05) is 0 Å². The summed E-state index contributed by atoms with van der Waals surface area (Å²) in [5, 5.41) is 0. The van der Waals surface area contributed by atoms with Crippen molar-refractivity contribution in [1.29, 1.82) is 0 Å². The average molecular weight is 519 g/mol. The predicted octanol–water partition coefficient (Wildman–Crippen LogP) is 11.7. The SMILES string of the molecule is CCCCCCC1(CCCCCC)c2cc(-c3ccc(C)cc3)ccc2-c2ccc(-c3ccc(F)cc3)cc21. The average Bonchev–Trinajstić information content (AvgIpc) is 3.23. The van der Waals surface area contributed by atoms with Crippen LogP contribution < -0.4 is 0 Å². The third-order valence-corrected chi connectivity index (χ3v) is 8.84. The van der Waals surface area contributed by atoms with Crippen LogP contribution in [0.3, 0.4) is 0 Å². The Hall–Kier alpha value is -3.19. The largest absolute Gasteiger partial charge is 0.207 e. The van der Waals surface area contributed by atoms with Crippen molar-refractivity contribution in [1.82, 2.24) is 0 Å². The van der Waals surface area contributed by atoms with Crippen LogP contribution in [0.15, 0.2) is 84.9 Å². The number of unbranched alkanes of at least 4 members (excludes halogenated alkanes) is 6. The standard InChI is InChI=1S/C38H43F/c1-4-6-8-10-24-38(25-11-9-7-5-2)36-26-31(29-14-12-28(3)13-15-29)18-22-34(36)35-23-19-32(27-37(35)38)30-16-20-33(39)21-17-30/h12-23,26-27H,4-11,24-25H2,1-3H3. The van der Waals surface area contributed by atoms with Crippen LogP contribution in [0.25, 0.3) is 33.4 Å². The van der Waals surface area contributed by atoms with E-state index in [2.05, 4.69) is 81.4 Å². The van der Waals surface area contributed by atoms with Crippen LogP contribution in [0.1, 0.15) is 94.7 Å². The van der Waals surface area contributed by atoms with E-state index in [1.807, 2.05) is 12.1 Å². The summed E-state index contributed by atoms with van der Waals surface area (Å²) in [5.41, 5.74) is 12.0. The van der Waals surface area contributed by atoms with Crippen LogP contribution in [-0.4, -0.2) is 0 Å². The van der Waals surface area contributed by atoms with E-state index in [4.69, 9.17) is 0 Å². The van der Waals surface area contributed by atoms with Gasteiger partial charge in [-0.05, 0) is 88.5 Å². The van der Waals surface area contributed by atoms with Gasteiger partial charge in [0.05, 0.1) is 0 Å². The molecule has 1 heteroatoms. The van der Waals surface area contributed by atoms with Gasteiger partial charge in [-0.2, -0.15) is 0 Å². The molecule has 0 aromatic heterocycles. The highest BCUT2D eigenvalue weighted by molar-refractivity contribution is 5.86. The van der Waals surface area contributed by atoms with E-state index in [1.165, 1.54) is 109 Å². The van der Waals surface area contributed by atoms with Crippen LogP contribution in [0, 0.1) is 12.7 Å². The zero-order valence-corrected chi connectivity index (χ0v) is 24.0. The predicted molar refractivity (Wildman–Crippen MR) is 166 cm³/mol. The molecule has 0 amide bonds. The monoisotopic (exact) mass is 518 g/mol. The lowest BCUT2D eigenvalue weighted by Gasteiger charge is -2.33. The first-order valence-electron chi connectivity index (χ1n) is 15.2. The van der Waals surface area contributed by atoms with Crippen LogP contribution in [0.4, 0.5) is 4.39 Å². The highest BCUT2D eigenvalue weighted by atomic mass is 19.1. The van der Waals surface area contributed by atoms with Crippen LogP contribution in [0.5, 0.6) is 0 Å². The summed E-state index contributed by atoms with van der Waals surface area (Å²) >= 11 is 0. The Labute approximate surface area is 235 Å². The Morgan fingerprint density at radius 2 is 0.949 bits per heavy atom.